The minimum absolute atomic E-state index is 0.00466. The molecule has 0 heterocycles. The zero-order valence-electron chi connectivity index (χ0n) is 14.8. The van der Waals surface area contributed by atoms with Gasteiger partial charge in [-0.2, -0.15) is 13.2 Å². The Labute approximate surface area is 154 Å². The number of alkyl halides is 3. The van der Waals surface area contributed by atoms with Crippen molar-refractivity contribution >= 4 is 11.6 Å². The van der Waals surface area contributed by atoms with Crippen LogP contribution in [0.15, 0.2) is 47.5 Å². The van der Waals surface area contributed by atoms with E-state index in [1.807, 2.05) is 0 Å². The number of nitrogens with two attached hydrogens (primary N) is 1. The molecule has 0 aliphatic carbocycles. The molecule has 2 aromatic rings. The normalized spacial score (nSPS) is 11.8. The molecule has 6 nitrogen and oxygen atoms in total. The Hall–Kier alpha value is -3.10. The Balaban J connectivity index is 2.02. The summed E-state index contributed by atoms with van der Waals surface area (Å²) in [6.07, 6.45) is -4.42. The molecule has 0 atom stereocenters. The summed E-state index contributed by atoms with van der Waals surface area (Å²) in [6.45, 7) is -1.18. The standard InChI is InChI=1S/C18H20F3N3O3/c1-25-14-5-3-4-13(9-14)24-17(22)23-10-12-6-7-15(16(8-12)26-2)27-11-18(19,20)21/h3-9H,10-11H2,1-2H3,(H3,22,23,24). The summed E-state index contributed by atoms with van der Waals surface area (Å²) in [6, 6.07) is 11.7. The summed E-state index contributed by atoms with van der Waals surface area (Å²) in [7, 11) is 2.91. The van der Waals surface area contributed by atoms with E-state index in [0.29, 0.717) is 17.0 Å². The van der Waals surface area contributed by atoms with Gasteiger partial charge in [-0.3, -0.25) is 0 Å². The van der Waals surface area contributed by atoms with Crippen LogP contribution >= 0.6 is 0 Å². The number of nitrogens with one attached hydrogen (secondary N) is 1. The molecule has 2 aromatic carbocycles. The number of hydrogen-bond donors (Lipinski definition) is 2. The third-order valence-corrected chi connectivity index (χ3v) is 3.39. The molecule has 0 radical (unpaired) electrons. The van der Waals surface area contributed by atoms with Crippen molar-refractivity contribution in [3.63, 3.8) is 0 Å². The summed E-state index contributed by atoms with van der Waals surface area (Å²) in [5.74, 6) is 1.04. The van der Waals surface area contributed by atoms with E-state index in [2.05, 4.69) is 10.3 Å². The predicted octanol–water partition coefficient (Wildman–Crippen LogP) is 3.57. The van der Waals surface area contributed by atoms with E-state index < -0.39 is 12.8 Å². The molecular weight excluding hydrogens is 363 g/mol. The van der Waals surface area contributed by atoms with Gasteiger partial charge in [-0.1, -0.05) is 12.1 Å². The quantitative estimate of drug-likeness (QED) is 0.565. The van der Waals surface area contributed by atoms with Gasteiger partial charge in [-0.05, 0) is 29.8 Å². The second-order valence-electron chi connectivity index (χ2n) is 5.45. The Morgan fingerprint density at radius 1 is 1.07 bits per heavy atom. The number of aliphatic imine (C=N–C) groups is 1. The lowest BCUT2D eigenvalue weighted by atomic mass is 10.2. The third kappa shape index (κ3) is 6.61. The number of halogens is 3. The van der Waals surface area contributed by atoms with Crippen molar-refractivity contribution in [3.8, 4) is 17.2 Å². The molecule has 0 saturated heterocycles. The van der Waals surface area contributed by atoms with Gasteiger partial charge < -0.3 is 25.3 Å². The largest absolute Gasteiger partial charge is 0.497 e. The van der Waals surface area contributed by atoms with E-state index in [4.69, 9.17) is 19.9 Å². The van der Waals surface area contributed by atoms with Gasteiger partial charge in [0.1, 0.15) is 5.75 Å². The molecule has 9 heteroatoms. The molecule has 0 aliphatic rings. The fraction of sp³-hybridized carbons (Fsp3) is 0.278. The topological polar surface area (TPSA) is 78.1 Å². The minimum atomic E-state index is -4.42. The summed E-state index contributed by atoms with van der Waals surface area (Å²) in [5, 5.41) is 2.93. The Morgan fingerprint density at radius 3 is 2.52 bits per heavy atom. The Morgan fingerprint density at radius 2 is 1.85 bits per heavy atom. The van der Waals surface area contributed by atoms with Gasteiger partial charge in [-0.25, -0.2) is 4.99 Å². The SMILES string of the molecule is COc1cccc(NC(N)=NCc2ccc(OCC(F)(F)F)c(OC)c2)c1. The highest BCUT2D eigenvalue weighted by Gasteiger charge is 2.29. The first kappa shape index (κ1) is 20.2. The molecule has 0 amide bonds. The highest BCUT2D eigenvalue weighted by Crippen LogP contribution is 2.30. The van der Waals surface area contributed by atoms with Crippen molar-refractivity contribution < 1.29 is 27.4 Å². The number of rotatable bonds is 7. The van der Waals surface area contributed by atoms with E-state index >= 15 is 0 Å². The molecule has 0 fully saturated rings. The molecule has 0 bridgehead atoms. The summed E-state index contributed by atoms with van der Waals surface area (Å²) in [5.41, 5.74) is 7.27. The van der Waals surface area contributed by atoms with Crippen molar-refractivity contribution in [2.24, 2.45) is 10.7 Å². The van der Waals surface area contributed by atoms with E-state index in [-0.39, 0.29) is 24.0 Å². The maximum atomic E-state index is 12.3. The minimum Gasteiger partial charge on any atom is -0.497 e. The monoisotopic (exact) mass is 383 g/mol. The maximum absolute atomic E-state index is 12.3. The number of benzene rings is 2. The van der Waals surface area contributed by atoms with Crippen molar-refractivity contribution in [2.45, 2.75) is 12.7 Å². The van der Waals surface area contributed by atoms with Crippen molar-refractivity contribution in [1.29, 1.82) is 0 Å². The number of hydrogen-bond acceptors (Lipinski definition) is 4. The average molecular weight is 383 g/mol. The Kier molecular flexibility index (Phi) is 6.75. The molecule has 0 saturated carbocycles. The number of ether oxygens (including phenoxy) is 3. The molecule has 3 N–H and O–H groups in total. The molecule has 27 heavy (non-hydrogen) atoms. The highest BCUT2D eigenvalue weighted by atomic mass is 19.4. The molecule has 0 aliphatic heterocycles. The maximum Gasteiger partial charge on any atom is 0.422 e. The smallest absolute Gasteiger partial charge is 0.422 e. The predicted molar refractivity (Wildman–Crippen MR) is 96.5 cm³/mol. The fourth-order valence-electron chi connectivity index (χ4n) is 2.15. The van der Waals surface area contributed by atoms with Crippen LogP contribution in [0.4, 0.5) is 18.9 Å². The number of anilines is 1. The van der Waals surface area contributed by atoms with Crippen molar-refractivity contribution in [3.05, 3.63) is 48.0 Å². The van der Waals surface area contributed by atoms with Gasteiger partial charge in [0.05, 0.1) is 20.8 Å². The molecule has 146 valence electrons. The lowest BCUT2D eigenvalue weighted by molar-refractivity contribution is -0.153. The van der Waals surface area contributed by atoms with Crippen LogP contribution in [0.1, 0.15) is 5.56 Å². The second-order valence-corrected chi connectivity index (χ2v) is 5.45. The lowest BCUT2D eigenvalue weighted by Crippen LogP contribution is -2.22. The van der Waals surface area contributed by atoms with Gasteiger partial charge in [0, 0.05) is 11.8 Å². The van der Waals surface area contributed by atoms with Crippen LogP contribution in [-0.2, 0) is 6.54 Å². The summed E-state index contributed by atoms with van der Waals surface area (Å²) >= 11 is 0. The average Bonchev–Trinajstić information content (AvgIpc) is 2.64. The van der Waals surface area contributed by atoms with Crippen LogP contribution in [0.3, 0.4) is 0 Å². The first-order chi connectivity index (χ1) is 12.8. The first-order valence-electron chi connectivity index (χ1n) is 7.88. The van der Waals surface area contributed by atoms with Crippen LogP contribution in [0.5, 0.6) is 17.2 Å². The van der Waals surface area contributed by atoms with Gasteiger partial charge in [0.2, 0.25) is 0 Å². The number of methoxy groups -OCH3 is 2. The molecule has 2 rings (SSSR count). The molecule has 0 unspecified atom stereocenters. The van der Waals surface area contributed by atoms with Gasteiger partial charge >= 0.3 is 6.18 Å². The second kappa shape index (κ2) is 9.02. The van der Waals surface area contributed by atoms with E-state index in [1.165, 1.54) is 13.2 Å². The third-order valence-electron chi connectivity index (χ3n) is 3.39. The number of nitrogens with zero attached hydrogens (tertiary/aromatic N) is 1. The zero-order chi connectivity index (χ0) is 19.9. The molecule has 0 aromatic heterocycles. The zero-order valence-corrected chi connectivity index (χ0v) is 14.8. The van der Waals surface area contributed by atoms with Gasteiger partial charge in [0.25, 0.3) is 0 Å². The number of guanidine groups is 1. The summed E-state index contributed by atoms with van der Waals surface area (Å²) < 4.78 is 51.8. The van der Waals surface area contributed by atoms with Gasteiger partial charge in [0.15, 0.2) is 24.1 Å². The highest BCUT2D eigenvalue weighted by molar-refractivity contribution is 5.92. The Bertz CT molecular complexity index is 795. The van der Waals surface area contributed by atoms with Crippen LogP contribution in [0.25, 0.3) is 0 Å². The lowest BCUT2D eigenvalue weighted by Gasteiger charge is -2.13. The van der Waals surface area contributed by atoms with Crippen molar-refractivity contribution in [2.75, 3.05) is 26.1 Å². The van der Waals surface area contributed by atoms with E-state index in [9.17, 15) is 13.2 Å². The summed E-state index contributed by atoms with van der Waals surface area (Å²) in [4.78, 5) is 4.20. The molecule has 0 spiro atoms. The van der Waals surface area contributed by atoms with Crippen LogP contribution in [0.2, 0.25) is 0 Å². The van der Waals surface area contributed by atoms with Crippen molar-refractivity contribution in [1.82, 2.24) is 0 Å². The van der Waals surface area contributed by atoms with E-state index in [0.717, 1.165) is 0 Å². The van der Waals surface area contributed by atoms with Gasteiger partial charge in [-0.15, -0.1) is 0 Å². The fourth-order valence-corrected chi connectivity index (χ4v) is 2.15. The molecular formula is C18H20F3N3O3. The first-order valence-corrected chi connectivity index (χ1v) is 7.88. The van der Waals surface area contributed by atoms with Crippen LogP contribution in [0, 0.1) is 0 Å². The van der Waals surface area contributed by atoms with E-state index in [1.54, 1.807) is 43.5 Å². The van der Waals surface area contributed by atoms with Crippen LogP contribution in [-0.4, -0.2) is 33.0 Å². The van der Waals surface area contributed by atoms with Crippen LogP contribution < -0.4 is 25.3 Å².